The molecule has 9 nitrogen and oxygen atoms in total. The maximum atomic E-state index is 11.3. The summed E-state index contributed by atoms with van der Waals surface area (Å²) >= 11 is 0. The zero-order valence-electron chi connectivity index (χ0n) is 12.7. The summed E-state index contributed by atoms with van der Waals surface area (Å²) in [5.41, 5.74) is 5.97. The summed E-state index contributed by atoms with van der Waals surface area (Å²) in [5.74, 6) is -0.111. The van der Waals surface area contributed by atoms with E-state index in [2.05, 4.69) is 15.5 Å². The van der Waals surface area contributed by atoms with Gasteiger partial charge in [0.05, 0.1) is 11.0 Å². The van der Waals surface area contributed by atoms with Gasteiger partial charge in [0, 0.05) is 17.8 Å². The van der Waals surface area contributed by atoms with Crippen molar-refractivity contribution in [2.45, 2.75) is 13.0 Å². The first-order valence-electron chi connectivity index (χ1n) is 7.12. The Labute approximate surface area is 136 Å². The molecule has 0 bridgehead atoms. The van der Waals surface area contributed by atoms with E-state index in [9.17, 15) is 14.9 Å². The number of rotatable bonds is 5. The number of carbonyl (C=O) groups is 1. The molecule has 0 aliphatic rings. The molecular formula is C15H14N6O3. The number of carbonyl (C=O) groups excluding carboxylic acids is 1. The van der Waals surface area contributed by atoms with Crippen LogP contribution in [0.15, 0.2) is 42.6 Å². The molecule has 0 fully saturated rings. The van der Waals surface area contributed by atoms with Crippen molar-refractivity contribution in [3.63, 3.8) is 0 Å². The highest BCUT2D eigenvalue weighted by atomic mass is 16.6. The van der Waals surface area contributed by atoms with Crippen LogP contribution in [0.25, 0.3) is 5.65 Å². The number of primary amides is 1. The van der Waals surface area contributed by atoms with Crippen molar-refractivity contribution in [1.29, 1.82) is 0 Å². The number of nitrogens with zero attached hydrogens (tertiary/aromatic N) is 4. The molecule has 1 atom stereocenters. The molecule has 0 saturated heterocycles. The lowest BCUT2D eigenvalue weighted by molar-refractivity contribution is -0.384. The quantitative estimate of drug-likeness (QED) is 0.544. The average molecular weight is 326 g/mol. The van der Waals surface area contributed by atoms with Crippen molar-refractivity contribution in [3.05, 3.63) is 64.1 Å². The Balaban J connectivity index is 1.95. The van der Waals surface area contributed by atoms with Gasteiger partial charge in [0.1, 0.15) is 5.69 Å². The first kappa shape index (κ1) is 15.4. The van der Waals surface area contributed by atoms with Crippen molar-refractivity contribution in [2.24, 2.45) is 5.73 Å². The summed E-state index contributed by atoms with van der Waals surface area (Å²) in [6, 6.07) is 9.20. The molecule has 2 heterocycles. The second-order valence-corrected chi connectivity index (χ2v) is 5.21. The number of aromatic nitrogens is 3. The van der Waals surface area contributed by atoms with E-state index in [1.807, 2.05) is 31.3 Å². The molecule has 0 saturated carbocycles. The van der Waals surface area contributed by atoms with Gasteiger partial charge >= 0.3 is 0 Å². The lowest BCUT2D eigenvalue weighted by atomic mass is 10.1. The fourth-order valence-corrected chi connectivity index (χ4v) is 2.41. The third kappa shape index (κ3) is 2.74. The van der Waals surface area contributed by atoms with Crippen LogP contribution in [-0.4, -0.2) is 25.4 Å². The zero-order chi connectivity index (χ0) is 17.3. The third-order valence-electron chi connectivity index (χ3n) is 3.58. The van der Waals surface area contributed by atoms with Gasteiger partial charge in [0.15, 0.2) is 11.5 Å². The largest absolute Gasteiger partial charge is 0.370 e. The molecule has 3 rings (SSSR count). The van der Waals surface area contributed by atoms with Gasteiger partial charge in [-0.05, 0) is 31.2 Å². The van der Waals surface area contributed by atoms with Crippen LogP contribution in [-0.2, 0) is 0 Å². The number of nitro benzene ring substituents is 1. The van der Waals surface area contributed by atoms with Crippen molar-refractivity contribution < 1.29 is 9.72 Å². The number of nitro groups is 1. The predicted octanol–water partition coefficient (Wildman–Crippen LogP) is 1.91. The third-order valence-corrected chi connectivity index (χ3v) is 3.58. The first-order chi connectivity index (χ1) is 11.5. The van der Waals surface area contributed by atoms with Crippen LogP contribution in [0.1, 0.15) is 29.1 Å². The van der Waals surface area contributed by atoms with Gasteiger partial charge in [-0.25, -0.2) is 0 Å². The minimum atomic E-state index is -0.721. The number of anilines is 1. The number of hydrogen-bond acceptors (Lipinski definition) is 6. The Kier molecular flexibility index (Phi) is 3.82. The van der Waals surface area contributed by atoms with Gasteiger partial charge in [0.25, 0.3) is 5.69 Å². The van der Waals surface area contributed by atoms with Gasteiger partial charge < -0.3 is 11.1 Å². The highest BCUT2D eigenvalue weighted by molar-refractivity contribution is 5.94. The molecule has 9 heteroatoms. The van der Waals surface area contributed by atoms with Gasteiger partial charge in [-0.2, -0.15) is 0 Å². The highest BCUT2D eigenvalue weighted by Crippen LogP contribution is 2.29. The zero-order valence-corrected chi connectivity index (χ0v) is 12.7. The Morgan fingerprint density at radius 2 is 2.12 bits per heavy atom. The maximum absolute atomic E-state index is 11.3. The van der Waals surface area contributed by atoms with Gasteiger partial charge in [-0.1, -0.05) is 6.07 Å². The Morgan fingerprint density at radius 1 is 1.33 bits per heavy atom. The Hall–Kier alpha value is -3.49. The summed E-state index contributed by atoms with van der Waals surface area (Å²) in [7, 11) is 0. The fourth-order valence-electron chi connectivity index (χ4n) is 2.41. The molecule has 0 spiro atoms. The van der Waals surface area contributed by atoms with Crippen LogP contribution >= 0.6 is 0 Å². The molecule has 0 aliphatic carbocycles. The fraction of sp³-hybridized carbons (Fsp3) is 0.133. The molecule has 0 radical (unpaired) electrons. The van der Waals surface area contributed by atoms with Crippen molar-refractivity contribution in [3.8, 4) is 0 Å². The smallest absolute Gasteiger partial charge is 0.293 e. The predicted molar refractivity (Wildman–Crippen MR) is 86.6 cm³/mol. The number of nitrogens with two attached hydrogens (primary N) is 1. The van der Waals surface area contributed by atoms with Crippen LogP contribution in [0.2, 0.25) is 0 Å². The molecular weight excluding hydrogens is 312 g/mol. The van der Waals surface area contributed by atoms with Gasteiger partial charge in [0.2, 0.25) is 5.91 Å². The number of fused-ring (bicyclic) bond motifs is 1. The summed E-state index contributed by atoms with van der Waals surface area (Å²) in [6.45, 7) is 1.81. The molecule has 1 amide bonds. The monoisotopic (exact) mass is 326 g/mol. The summed E-state index contributed by atoms with van der Waals surface area (Å²) < 4.78 is 1.79. The van der Waals surface area contributed by atoms with E-state index in [0.717, 1.165) is 6.07 Å². The number of nitrogens with one attached hydrogen (secondary N) is 1. The van der Waals surface area contributed by atoms with E-state index in [0.29, 0.717) is 11.5 Å². The maximum Gasteiger partial charge on any atom is 0.293 e. The van der Waals surface area contributed by atoms with Crippen LogP contribution < -0.4 is 11.1 Å². The van der Waals surface area contributed by atoms with Crippen LogP contribution in [0.4, 0.5) is 11.4 Å². The highest BCUT2D eigenvalue weighted by Gasteiger charge is 2.20. The van der Waals surface area contributed by atoms with E-state index in [4.69, 9.17) is 5.73 Å². The normalized spacial score (nSPS) is 12.0. The van der Waals surface area contributed by atoms with Crippen molar-refractivity contribution >= 4 is 22.9 Å². The Bertz CT molecular complexity index is 936. The van der Waals surface area contributed by atoms with E-state index >= 15 is 0 Å². The van der Waals surface area contributed by atoms with Gasteiger partial charge in [-0.3, -0.25) is 19.3 Å². The van der Waals surface area contributed by atoms with Gasteiger partial charge in [-0.15, -0.1) is 10.2 Å². The van der Waals surface area contributed by atoms with Crippen molar-refractivity contribution in [2.75, 3.05) is 5.32 Å². The minimum absolute atomic E-state index is 0.0767. The van der Waals surface area contributed by atoms with Crippen LogP contribution in [0.3, 0.4) is 0 Å². The molecule has 122 valence electrons. The lowest BCUT2D eigenvalue weighted by Gasteiger charge is -2.14. The number of pyridine rings is 1. The topological polar surface area (TPSA) is 128 Å². The molecule has 1 unspecified atom stereocenters. The second-order valence-electron chi connectivity index (χ2n) is 5.21. The number of benzene rings is 1. The van der Waals surface area contributed by atoms with Crippen molar-refractivity contribution in [1.82, 2.24) is 14.6 Å². The molecule has 3 aromatic rings. The SMILES string of the molecule is CC(Nc1ccc(C(N)=O)cc1[N+](=O)[O-])c1nnc2ccccn12. The summed E-state index contributed by atoms with van der Waals surface area (Å²) in [4.78, 5) is 21.9. The molecule has 1 aromatic carbocycles. The number of hydrogen-bond donors (Lipinski definition) is 2. The molecule has 24 heavy (non-hydrogen) atoms. The average Bonchev–Trinajstić information content (AvgIpc) is 2.98. The molecule has 3 N–H and O–H groups in total. The molecule has 0 aliphatic heterocycles. The van der Waals surface area contributed by atoms with Crippen LogP contribution in [0.5, 0.6) is 0 Å². The first-order valence-corrected chi connectivity index (χ1v) is 7.12. The van der Waals surface area contributed by atoms with E-state index < -0.39 is 10.8 Å². The summed E-state index contributed by atoms with van der Waals surface area (Å²) in [5, 5.41) is 22.5. The van der Waals surface area contributed by atoms with E-state index in [-0.39, 0.29) is 23.0 Å². The molecule has 2 aromatic heterocycles. The van der Waals surface area contributed by atoms with E-state index in [1.165, 1.54) is 12.1 Å². The van der Waals surface area contributed by atoms with Crippen LogP contribution in [0, 0.1) is 10.1 Å². The lowest BCUT2D eigenvalue weighted by Crippen LogP contribution is -2.14. The number of amides is 1. The minimum Gasteiger partial charge on any atom is -0.370 e. The standard InChI is InChI=1S/C15H14N6O3/c1-9(15-19-18-13-4-2-3-7-20(13)15)17-11-6-5-10(14(16)22)8-12(11)21(23)24/h2-9,17H,1H3,(H2,16,22). The summed E-state index contributed by atoms with van der Waals surface area (Å²) in [6.07, 6.45) is 1.81. The van der Waals surface area contributed by atoms with E-state index in [1.54, 1.807) is 4.40 Å². The second kappa shape index (κ2) is 5.95. The Morgan fingerprint density at radius 3 is 2.83 bits per heavy atom.